The zero-order valence-corrected chi connectivity index (χ0v) is 14.8. The molecule has 6 heteroatoms. The molecule has 0 saturated carbocycles. The van der Waals surface area contributed by atoms with Crippen molar-refractivity contribution in [2.24, 2.45) is 0 Å². The highest BCUT2D eigenvalue weighted by molar-refractivity contribution is 5.94. The molecule has 1 saturated heterocycles. The van der Waals surface area contributed by atoms with E-state index in [9.17, 15) is 4.79 Å². The van der Waals surface area contributed by atoms with Crippen LogP contribution < -0.4 is 0 Å². The summed E-state index contributed by atoms with van der Waals surface area (Å²) in [7, 11) is 0. The molecule has 0 spiro atoms. The maximum atomic E-state index is 12.9. The fraction of sp³-hybridized carbons (Fsp3) is 0.526. The van der Waals surface area contributed by atoms with Crippen LogP contribution in [0, 0.1) is 0 Å². The van der Waals surface area contributed by atoms with E-state index in [1.807, 2.05) is 11.0 Å². The number of benzene rings is 1. The van der Waals surface area contributed by atoms with Gasteiger partial charge in [0.05, 0.1) is 13.2 Å². The highest BCUT2D eigenvalue weighted by Crippen LogP contribution is 2.25. The van der Waals surface area contributed by atoms with Crippen LogP contribution in [0.25, 0.3) is 0 Å². The van der Waals surface area contributed by atoms with Gasteiger partial charge in [-0.1, -0.05) is 19.9 Å². The Morgan fingerprint density at radius 1 is 1.32 bits per heavy atom. The van der Waals surface area contributed by atoms with Gasteiger partial charge in [0.1, 0.15) is 6.10 Å². The molecule has 2 aromatic rings. The van der Waals surface area contributed by atoms with Gasteiger partial charge in [-0.3, -0.25) is 9.89 Å². The Hall–Kier alpha value is -2.21. The van der Waals surface area contributed by atoms with Crippen LogP contribution in [0.2, 0.25) is 0 Å². The maximum absolute atomic E-state index is 12.9. The molecule has 2 aliphatic rings. The predicted molar refractivity (Wildman–Crippen MR) is 93.5 cm³/mol. The quantitative estimate of drug-likeness (QED) is 0.932. The summed E-state index contributed by atoms with van der Waals surface area (Å²) in [5.74, 6) is 1.82. The number of nitrogens with one attached hydrogen (secondary N) is 1. The maximum Gasteiger partial charge on any atom is 0.254 e. The third-order valence-electron chi connectivity index (χ3n) is 5.04. The Morgan fingerprint density at radius 2 is 2.16 bits per heavy atom. The molecule has 1 aromatic carbocycles. The first-order valence-corrected chi connectivity index (χ1v) is 9.06. The van der Waals surface area contributed by atoms with Crippen molar-refractivity contribution in [3.05, 3.63) is 46.5 Å². The number of hydrogen-bond acceptors (Lipinski definition) is 4. The largest absolute Gasteiger partial charge is 0.367 e. The number of amides is 1. The number of morpholine rings is 1. The third kappa shape index (κ3) is 3.18. The van der Waals surface area contributed by atoms with Gasteiger partial charge in [-0.2, -0.15) is 5.10 Å². The van der Waals surface area contributed by atoms with E-state index in [0.717, 1.165) is 24.2 Å². The van der Waals surface area contributed by atoms with E-state index in [-0.39, 0.29) is 17.9 Å². The molecule has 1 fully saturated rings. The fourth-order valence-corrected chi connectivity index (χ4v) is 3.58. The molecule has 1 aromatic heterocycles. The van der Waals surface area contributed by atoms with Crippen molar-refractivity contribution in [1.29, 1.82) is 0 Å². The first-order chi connectivity index (χ1) is 12.1. The molecule has 132 valence electrons. The van der Waals surface area contributed by atoms with Gasteiger partial charge in [-0.25, -0.2) is 4.98 Å². The minimum absolute atomic E-state index is 0.0756. The van der Waals surface area contributed by atoms with Gasteiger partial charge >= 0.3 is 0 Å². The number of aromatic amines is 1. The van der Waals surface area contributed by atoms with Gasteiger partial charge in [-0.05, 0) is 42.5 Å². The van der Waals surface area contributed by atoms with Gasteiger partial charge < -0.3 is 9.64 Å². The Labute approximate surface area is 147 Å². The number of hydrogen-bond donors (Lipinski definition) is 1. The van der Waals surface area contributed by atoms with Crippen LogP contribution >= 0.6 is 0 Å². The molecule has 4 rings (SSSR count). The zero-order valence-electron chi connectivity index (χ0n) is 14.8. The molecule has 1 amide bonds. The summed E-state index contributed by atoms with van der Waals surface area (Å²) in [6.07, 6.45) is 3.16. The van der Waals surface area contributed by atoms with Gasteiger partial charge in [0.25, 0.3) is 5.91 Å². The lowest BCUT2D eigenvalue weighted by Crippen LogP contribution is -2.42. The summed E-state index contributed by atoms with van der Waals surface area (Å²) >= 11 is 0. The molecule has 1 N–H and O–H groups in total. The molecular weight excluding hydrogens is 316 g/mol. The second-order valence-electron chi connectivity index (χ2n) is 7.18. The van der Waals surface area contributed by atoms with Crippen LogP contribution in [0.4, 0.5) is 0 Å². The van der Waals surface area contributed by atoms with Crippen LogP contribution in [-0.2, 0) is 17.6 Å². The number of rotatable bonds is 3. The lowest BCUT2D eigenvalue weighted by atomic mass is 10.1. The second-order valence-corrected chi connectivity index (χ2v) is 7.18. The number of aryl methyl sites for hydroxylation is 2. The van der Waals surface area contributed by atoms with E-state index < -0.39 is 0 Å². The van der Waals surface area contributed by atoms with Crippen LogP contribution in [0.15, 0.2) is 18.2 Å². The summed E-state index contributed by atoms with van der Waals surface area (Å²) in [6.45, 7) is 5.73. The third-order valence-corrected chi connectivity index (χ3v) is 5.04. The predicted octanol–water partition coefficient (Wildman–Crippen LogP) is 2.63. The van der Waals surface area contributed by atoms with Crippen LogP contribution in [-0.4, -0.2) is 45.7 Å². The first-order valence-electron chi connectivity index (χ1n) is 9.06. The molecule has 25 heavy (non-hydrogen) atoms. The van der Waals surface area contributed by atoms with E-state index >= 15 is 0 Å². The van der Waals surface area contributed by atoms with Crippen LogP contribution in [0.1, 0.15) is 65.4 Å². The normalized spacial score (nSPS) is 20.1. The van der Waals surface area contributed by atoms with Crippen molar-refractivity contribution in [2.45, 2.75) is 45.1 Å². The Morgan fingerprint density at radius 3 is 2.96 bits per heavy atom. The SMILES string of the molecule is CC(C)c1n[nH]c([C@H]2CN(C(=O)c3ccc4c(c3)CCC4)CCO2)n1. The number of fused-ring (bicyclic) bond motifs is 1. The molecule has 0 bridgehead atoms. The van der Waals surface area contributed by atoms with E-state index in [1.54, 1.807) is 0 Å². The summed E-state index contributed by atoms with van der Waals surface area (Å²) in [4.78, 5) is 19.3. The highest BCUT2D eigenvalue weighted by atomic mass is 16.5. The van der Waals surface area contributed by atoms with E-state index in [0.29, 0.717) is 25.5 Å². The molecule has 0 unspecified atom stereocenters. The number of carbonyl (C=O) groups excluding carboxylic acids is 1. The van der Waals surface area contributed by atoms with Crippen molar-refractivity contribution in [3.8, 4) is 0 Å². The number of aromatic nitrogens is 3. The van der Waals surface area contributed by atoms with Gasteiger partial charge in [0.2, 0.25) is 0 Å². The van der Waals surface area contributed by atoms with Gasteiger partial charge in [0, 0.05) is 18.0 Å². The standard InChI is InChI=1S/C19H24N4O2/c1-12(2)17-20-18(22-21-17)16-11-23(8-9-25-16)19(24)15-7-6-13-4-3-5-14(13)10-15/h6-7,10,12,16H,3-5,8-9,11H2,1-2H3,(H,20,21,22)/t16-/m1/s1. The topological polar surface area (TPSA) is 71.1 Å². The number of nitrogens with zero attached hydrogens (tertiary/aromatic N) is 3. The van der Waals surface area contributed by atoms with Crippen molar-refractivity contribution in [2.75, 3.05) is 19.7 Å². The highest BCUT2D eigenvalue weighted by Gasteiger charge is 2.29. The molecule has 6 nitrogen and oxygen atoms in total. The van der Waals surface area contributed by atoms with E-state index in [1.165, 1.54) is 17.5 Å². The second kappa shape index (κ2) is 6.59. The van der Waals surface area contributed by atoms with Crippen molar-refractivity contribution in [1.82, 2.24) is 20.1 Å². The monoisotopic (exact) mass is 340 g/mol. The number of ether oxygens (including phenoxy) is 1. The Kier molecular flexibility index (Phi) is 4.29. The molecule has 2 heterocycles. The van der Waals surface area contributed by atoms with E-state index in [4.69, 9.17) is 4.74 Å². The Bertz CT molecular complexity index is 783. The van der Waals surface area contributed by atoms with Crippen molar-refractivity contribution >= 4 is 5.91 Å². The molecule has 1 aliphatic heterocycles. The van der Waals surface area contributed by atoms with E-state index in [2.05, 4.69) is 41.2 Å². The zero-order chi connectivity index (χ0) is 17.4. The minimum atomic E-state index is -0.243. The fourth-order valence-electron chi connectivity index (χ4n) is 3.58. The summed E-state index contributed by atoms with van der Waals surface area (Å²) in [6, 6.07) is 6.14. The summed E-state index contributed by atoms with van der Waals surface area (Å²) in [5, 5.41) is 7.20. The van der Waals surface area contributed by atoms with Gasteiger partial charge in [0.15, 0.2) is 11.6 Å². The summed E-state index contributed by atoms with van der Waals surface area (Å²) in [5.41, 5.74) is 3.49. The van der Waals surface area contributed by atoms with Crippen molar-refractivity contribution < 1.29 is 9.53 Å². The Balaban J connectivity index is 1.49. The van der Waals surface area contributed by atoms with Gasteiger partial charge in [-0.15, -0.1) is 0 Å². The smallest absolute Gasteiger partial charge is 0.254 e. The molecule has 1 atom stereocenters. The average molecular weight is 340 g/mol. The van der Waals surface area contributed by atoms with Crippen LogP contribution in [0.3, 0.4) is 0 Å². The first kappa shape index (κ1) is 16.3. The van der Waals surface area contributed by atoms with Crippen LogP contribution in [0.5, 0.6) is 0 Å². The number of carbonyl (C=O) groups is 1. The minimum Gasteiger partial charge on any atom is -0.367 e. The molecule has 1 aliphatic carbocycles. The average Bonchev–Trinajstić information content (AvgIpc) is 3.30. The number of H-pyrrole nitrogens is 1. The lowest BCUT2D eigenvalue weighted by Gasteiger charge is -2.32. The lowest BCUT2D eigenvalue weighted by molar-refractivity contribution is -0.0266. The summed E-state index contributed by atoms with van der Waals surface area (Å²) < 4.78 is 5.82. The van der Waals surface area contributed by atoms with Crippen molar-refractivity contribution in [3.63, 3.8) is 0 Å². The molecular formula is C19H24N4O2. The molecule has 0 radical (unpaired) electrons.